The Kier molecular flexibility index (Phi) is 3.95. The zero-order valence-corrected chi connectivity index (χ0v) is 12.8. The van der Waals surface area contributed by atoms with Crippen molar-refractivity contribution in [2.45, 2.75) is 51.9 Å². The summed E-state index contributed by atoms with van der Waals surface area (Å²) in [5, 5.41) is 4.23. The lowest BCUT2D eigenvalue weighted by atomic mass is 9.80. The van der Waals surface area contributed by atoms with Gasteiger partial charge in [-0.15, -0.1) is 0 Å². The van der Waals surface area contributed by atoms with E-state index < -0.39 is 0 Å². The molecule has 2 unspecified atom stereocenters. The molecule has 1 aliphatic carbocycles. The van der Waals surface area contributed by atoms with E-state index >= 15 is 0 Å². The topological polar surface area (TPSA) is 64.9 Å². The van der Waals surface area contributed by atoms with Crippen molar-refractivity contribution in [1.82, 2.24) is 10.1 Å². The molecule has 0 saturated heterocycles. The van der Waals surface area contributed by atoms with E-state index in [1.54, 1.807) is 0 Å². The number of benzene rings is 1. The molecule has 2 N–H and O–H groups in total. The number of hydrogen-bond donors (Lipinski definition) is 1. The first-order chi connectivity index (χ1) is 10.2. The molecule has 1 aliphatic rings. The minimum atomic E-state index is 0.447. The van der Waals surface area contributed by atoms with Crippen molar-refractivity contribution in [3.05, 3.63) is 29.6 Å². The van der Waals surface area contributed by atoms with E-state index in [4.69, 9.17) is 10.3 Å². The number of nitrogen functional groups attached to an aromatic ring is 1. The third-order valence-corrected chi connectivity index (χ3v) is 4.77. The molecule has 0 bridgehead atoms. The summed E-state index contributed by atoms with van der Waals surface area (Å²) in [5.74, 6) is 2.71. The number of rotatable bonds is 3. The molecule has 1 aromatic heterocycles. The molecule has 4 heteroatoms. The van der Waals surface area contributed by atoms with Gasteiger partial charge in [-0.3, -0.25) is 0 Å². The zero-order valence-electron chi connectivity index (χ0n) is 12.8. The van der Waals surface area contributed by atoms with E-state index in [9.17, 15) is 0 Å². The quantitative estimate of drug-likeness (QED) is 0.853. The number of anilines is 1. The van der Waals surface area contributed by atoms with Crippen LogP contribution in [0.15, 0.2) is 22.7 Å². The number of hydrogen-bond acceptors (Lipinski definition) is 4. The van der Waals surface area contributed by atoms with E-state index in [0.29, 0.717) is 11.8 Å². The van der Waals surface area contributed by atoms with Gasteiger partial charge in [0, 0.05) is 17.2 Å². The first-order valence-electron chi connectivity index (χ1n) is 7.88. The second-order valence-corrected chi connectivity index (χ2v) is 6.12. The fourth-order valence-corrected chi connectivity index (χ4v) is 3.29. The van der Waals surface area contributed by atoms with Gasteiger partial charge >= 0.3 is 0 Å². The van der Waals surface area contributed by atoms with E-state index in [1.807, 2.05) is 25.1 Å². The summed E-state index contributed by atoms with van der Waals surface area (Å²) < 4.78 is 5.49. The second-order valence-electron chi connectivity index (χ2n) is 6.12. The highest BCUT2D eigenvalue weighted by Gasteiger charge is 2.26. The molecule has 0 amide bonds. The van der Waals surface area contributed by atoms with E-state index in [2.05, 4.69) is 17.1 Å². The lowest BCUT2D eigenvalue weighted by molar-refractivity contribution is 0.300. The van der Waals surface area contributed by atoms with Gasteiger partial charge in [-0.2, -0.15) is 4.98 Å². The SMILES string of the molecule is CCC1CCCC(c2noc(-c3cccc(N)c3C)n2)C1. The van der Waals surface area contributed by atoms with E-state index in [0.717, 1.165) is 28.6 Å². The minimum absolute atomic E-state index is 0.447. The Bertz CT molecular complexity index is 620. The third-order valence-electron chi connectivity index (χ3n) is 4.77. The number of aromatic nitrogens is 2. The van der Waals surface area contributed by atoms with Crippen LogP contribution in [-0.4, -0.2) is 10.1 Å². The Morgan fingerprint density at radius 1 is 1.33 bits per heavy atom. The molecule has 1 saturated carbocycles. The first kappa shape index (κ1) is 14.1. The lowest BCUT2D eigenvalue weighted by Crippen LogP contribution is -2.14. The van der Waals surface area contributed by atoms with Crippen LogP contribution in [0.2, 0.25) is 0 Å². The zero-order chi connectivity index (χ0) is 14.8. The molecule has 2 aromatic rings. The van der Waals surface area contributed by atoms with Crippen LogP contribution in [0.1, 0.15) is 56.3 Å². The maximum atomic E-state index is 5.95. The van der Waals surface area contributed by atoms with Crippen LogP contribution in [0.4, 0.5) is 5.69 Å². The molecule has 2 atom stereocenters. The van der Waals surface area contributed by atoms with Crippen LogP contribution >= 0.6 is 0 Å². The summed E-state index contributed by atoms with van der Waals surface area (Å²) in [5.41, 5.74) is 8.66. The molecule has 112 valence electrons. The summed E-state index contributed by atoms with van der Waals surface area (Å²) in [6, 6.07) is 5.80. The van der Waals surface area contributed by atoms with Gasteiger partial charge in [0.15, 0.2) is 5.82 Å². The lowest BCUT2D eigenvalue weighted by Gasteiger charge is -2.26. The highest BCUT2D eigenvalue weighted by molar-refractivity contribution is 5.66. The van der Waals surface area contributed by atoms with Crippen molar-refractivity contribution in [3.8, 4) is 11.5 Å². The molecule has 21 heavy (non-hydrogen) atoms. The van der Waals surface area contributed by atoms with Crippen LogP contribution < -0.4 is 5.73 Å². The Labute approximate surface area is 125 Å². The molecule has 0 radical (unpaired) electrons. The summed E-state index contributed by atoms with van der Waals surface area (Å²) in [4.78, 5) is 4.64. The Hall–Kier alpha value is -1.84. The van der Waals surface area contributed by atoms with Crippen molar-refractivity contribution in [2.75, 3.05) is 5.73 Å². The Morgan fingerprint density at radius 3 is 3.00 bits per heavy atom. The smallest absolute Gasteiger partial charge is 0.258 e. The molecule has 3 rings (SSSR count). The summed E-state index contributed by atoms with van der Waals surface area (Å²) in [7, 11) is 0. The third kappa shape index (κ3) is 2.80. The normalized spacial score (nSPS) is 22.4. The van der Waals surface area contributed by atoms with Crippen molar-refractivity contribution in [1.29, 1.82) is 0 Å². The molecule has 1 heterocycles. The van der Waals surface area contributed by atoms with Gasteiger partial charge in [-0.1, -0.05) is 37.4 Å². The highest BCUT2D eigenvalue weighted by Crippen LogP contribution is 2.37. The van der Waals surface area contributed by atoms with Crippen LogP contribution in [-0.2, 0) is 0 Å². The predicted octanol–water partition coefficient (Wildman–Crippen LogP) is 4.31. The van der Waals surface area contributed by atoms with Crippen molar-refractivity contribution in [3.63, 3.8) is 0 Å². The molecule has 0 aliphatic heterocycles. The average Bonchev–Trinajstić information content (AvgIpc) is 3.00. The van der Waals surface area contributed by atoms with Crippen molar-refractivity contribution in [2.24, 2.45) is 5.92 Å². The van der Waals surface area contributed by atoms with Gasteiger partial charge in [0.05, 0.1) is 0 Å². The van der Waals surface area contributed by atoms with Crippen LogP contribution in [0.25, 0.3) is 11.5 Å². The van der Waals surface area contributed by atoms with Crippen molar-refractivity contribution >= 4 is 5.69 Å². The molecule has 4 nitrogen and oxygen atoms in total. The maximum Gasteiger partial charge on any atom is 0.258 e. The standard InChI is InChI=1S/C17H23N3O/c1-3-12-6-4-7-13(10-12)16-19-17(21-20-16)14-8-5-9-15(18)11(14)2/h5,8-9,12-13H,3-4,6-7,10,18H2,1-2H3. The fraction of sp³-hybridized carbons (Fsp3) is 0.529. The molecule has 0 spiro atoms. The summed E-state index contributed by atoms with van der Waals surface area (Å²) in [6.45, 7) is 4.26. The highest BCUT2D eigenvalue weighted by atomic mass is 16.5. The van der Waals surface area contributed by atoms with Gasteiger partial charge in [0.1, 0.15) is 0 Å². The van der Waals surface area contributed by atoms with Gasteiger partial charge < -0.3 is 10.3 Å². The summed E-state index contributed by atoms with van der Waals surface area (Å²) >= 11 is 0. The Balaban J connectivity index is 1.85. The monoisotopic (exact) mass is 285 g/mol. The van der Waals surface area contributed by atoms with Crippen LogP contribution in [0.5, 0.6) is 0 Å². The second kappa shape index (κ2) is 5.88. The average molecular weight is 285 g/mol. The van der Waals surface area contributed by atoms with Gasteiger partial charge in [-0.05, 0) is 43.4 Å². The molecular weight excluding hydrogens is 262 g/mol. The molecule has 1 fully saturated rings. The van der Waals surface area contributed by atoms with Crippen molar-refractivity contribution < 1.29 is 4.52 Å². The molecule has 1 aromatic carbocycles. The van der Waals surface area contributed by atoms with Gasteiger partial charge in [0.2, 0.25) is 0 Å². The number of nitrogens with two attached hydrogens (primary N) is 1. The van der Waals surface area contributed by atoms with E-state index in [1.165, 1.54) is 32.1 Å². The molecular formula is C17H23N3O. The fourth-order valence-electron chi connectivity index (χ4n) is 3.29. The van der Waals surface area contributed by atoms with Crippen LogP contribution in [0.3, 0.4) is 0 Å². The van der Waals surface area contributed by atoms with Gasteiger partial charge in [-0.25, -0.2) is 0 Å². The number of nitrogens with zero attached hydrogens (tertiary/aromatic N) is 2. The Morgan fingerprint density at radius 2 is 2.19 bits per heavy atom. The first-order valence-corrected chi connectivity index (χ1v) is 7.88. The maximum absolute atomic E-state index is 5.95. The predicted molar refractivity (Wildman–Crippen MR) is 83.9 cm³/mol. The largest absolute Gasteiger partial charge is 0.398 e. The summed E-state index contributed by atoms with van der Waals surface area (Å²) in [6.07, 6.45) is 6.21. The van der Waals surface area contributed by atoms with E-state index in [-0.39, 0.29) is 0 Å². The minimum Gasteiger partial charge on any atom is -0.398 e. The van der Waals surface area contributed by atoms with Gasteiger partial charge in [0.25, 0.3) is 5.89 Å². The van der Waals surface area contributed by atoms with Crippen LogP contribution in [0, 0.1) is 12.8 Å².